The third kappa shape index (κ3) is 6.94. The summed E-state index contributed by atoms with van der Waals surface area (Å²) in [5.74, 6) is 8.26. The average molecular weight is 1140 g/mol. The fourth-order valence-corrected chi connectivity index (χ4v) is 25.7. The number of benzene rings is 1. The molecular weight excluding hydrogens is 1040 g/mol. The SMILES string of the molecule is C[C@H]1CCO[C@]([C@H]2C[C@H]3CCC4=C5[C@@H]6[C@@H](CCc7ccccc7CC#C[C@H]7[C@]8(CCC9(CCCC9)C8)C[C@]89C=C[C@@H]%10[C@@H](C4=O)[C@]6(CC(C4(CO)CCCC4)=C8)[C@]79C[C@@H]%10O)C[C@@]2(C)[C@]53O)([C@H]2O[C@@H]2[C@](C)(O)[C@](C)(CO)CCC2=CCNC(N)=C2)C1. The molecule has 1 aromatic rings. The minimum atomic E-state index is -1.43. The molecule has 2 saturated heterocycles. The summed E-state index contributed by atoms with van der Waals surface area (Å²) in [6.07, 6.45) is 33.1. The summed E-state index contributed by atoms with van der Waals surface area (Å²) in [6, 6.07) is 9.06. The van der Waals surface area contributed by atoms with Crippen molar-refractivity contribution in [3.63, 3.8) is 0 Å². The zero-order valence-electron chi connectivity index (χ0n) is 51.1. The minimum absolute atomic E-state index is 0.0640. The molecular formula is C74H98N2O8. The van der Waals surface area contributed by atoms with Crippen molar-refractivity contribution >= 4 is 5.78 Å². The molecule has 10 heteroatoms. The number of allylic oxidation sites excluding steroid dienone is 5. The van der Waals surface area contributed by atoms with Crippen LogP contribution in [-0.4, -0.2) is 92.8 Å². The van der Waals surface area contributed by atoms with Gasteiger partial charge >= 0.3 is 0 Å². The van der Waals surface area contributed by atoms with E-state index >= 15 is 9.90 Å². The van der Waals surface area contributed by atoms with Gasteiger partial charge in [0.1, 0.15) is 17.8 Å². The van der Waals surface area contributed by atoms with E-state index in [0.717, 1.165) is 100 Å². The Balaban J connectivity index is 0.898. The Morgan fingerprint density at radius 2 is 1.71 bits per heavy atom. The molecule has 7 saturated carbocycles. The predicted octanol–water partition coefficient (Wildman–Crippen LogP) is 10.8. The van der Waals surface area contributed by atoms with Gasteiger partial charge in [-0.3, -0.25) is 4.79 Å². The van der Waals surface area contributed by atoms with Crippen LogP contribution in [0.1, 0.15) is 187 Å². The number of ketones is 1. The summed E-state index contributed by atoms with van der Waals surface area (Å²) >= 11 is 0. The average Bonchev–Trinajstić information content (AvgIpc) is 1.33. The van der Waals surface area contributed by atoms with Crippen LogP contribution in [0.5, 0.6) is 0 Å². The lowest BCUT2D eigenvalue weighted by molar-refractivity contribution is -0.243. The zero-order valence-corrected chi connectivity index (χ0v) is 51.1. The monoisotopic (exact) mass is 1140 g/mol. The van der Waals surface area contributed by atoms with Crippen molar-refractivity contribution in [2.45, 2.75) is 223 Å². The van der Waals surface area contributed by atoms with Crippen LogP contribution >= 0.6 is 0 Å². The van der Waals surface area contributed by atoms with Gasteiger partial charge in [-0.2, -0.15) is 0 Å². The van der Waals surface area contributed by atoms with Crippen molar-refractivity contribution < 1.29 is 39.8 Å². The van der Waals surface area contributed by atoms with E-state index in [0.29, 0.717) is 75.3 Å². The molecule has 84 heavy (non-hydrogen) atoms. The first-order valence-electron chi connectivity index (χ1n) is 34.1. The summed E-state index contributed by atoms with van der Waals surface area (Å²) in [6.45, 7) is 9.74. The van der Waals surface area contributed by atoms with Crippen LogP contribution in [0.15, 0.2) is 82.8 Å². The van der Waals surface area contributed by atoms with E-state index in [1.807, 2.05) is 19.9 Å². The molecule has 452 valence electrons. The van der Waals surface area contributed by atoms with Gasteiger partial charge in [0.15, 0.2) is 5.78 Å². The number of aliphatic hydroxyl groups excluding tert-OH is 3. The minimum Gasteiger partial charge on any atom is -0.396 e. The molecule has 20 atom stereocenters. The normalized spacial score (nSPS) is 48.1. The number of carbonyl (C=O) groups excluding carboxylic acids is 1. The number of Topliss-reactive ketones (excluding diaryl/α,β-unsaturated/α-hetero) is 1. The maximum absolute atomic E-state index is 17.3. The molecule has 16 aliphatic rings. The highest BCUT2D eigenvalue weighted by Crippen LogP contribution is 2.89. The molecule has 4 bridgehead atoms. The molecule has 0 unspecified atom stereocenters. The maximum Gasteiger partial charge on any atom is 0.163 e. The molecule has 3 aliphatic heterocycles. The molecule has 0 radical (unpaired) electrons. The number of hydrogen-bond acceptors (Lipinski definition) is 10. The summed E-state index contributed by atoms with van der Waals surface area (Å²) in [5, 5.41) is 68.6. The van der Waals surface area contributed by atoms with Gasteiger partial charge in [0.2, 0.25) is 0 Å². The lowest BCUT2D eigenvalue weighted by Gasteiger charge is -2.75. The molecule has 1 aromatic carbocycles. The highest BCUT2D eigenvalue weighted by Gasteiger charge is 2.87. The molecule has 10 nitrogen and oxygen atoms in total. The van der Waals surface area contributed by atoms with E-state index in [9.17, 15) is 20.4 Å². The van der Waals surface area contributed by atoms with Gasteiger partial charge in [-0.25, -0.2) is 0 Å². The predicted molar refractivity (Wildman–Crippen MR) is 323 cm³/mol. The Labute approximate surface area is 500 Å². The number of dihydropyridines is 1. The van der Waals surface area contributed by atoms with Crippen LogP contribution < -0.4 is 11.1 Å². The van der Waals surface area contributed by atoms with Gasteiger partial charge in [0.25, 0.3) is 0 Å². The molecule has 0 amide bonds. The van der Waals surface area contributed by atoms with Crippen molar-refractivity contribution in [2.75, 3.05) is 26.4 Å². The number of aryl methyl sites for hydroxylation is 1. The largest absolute Gasteiger partial charge is 0.396 e. The van der Waals surface area contributed by atoms with E-state index in [1.165, 1.54) is 48.8 Å². The first kappa shape index (κ1) is 55.8. The number of aliphatic hydroxyl groups is 5. The van der Waals surface area contributed by atoms with Gasteiger partial charge in [0, 0.05) is 64.4 Å². The Bertz CT molecular complexity index is 3170. The van der Waals surface area contributed by atoms with Crippen LogP contribution in [0.3, 0.4) is 0 Å². The number of ether oxygens (including phenoxy) is 2. The first-order chi connectivity index (χ1) is 40.3. The number of hydrogen-bond donors (Lipinski definition) is 7. The topological polar surface area (TPSA) is 178 Å². The number of carbonyl (C=O) groups is 1. The fraction of sp³-hybridized carbons (Fsp3) is 0.743. The van der Waals surface area contributed by atoms with E-state index in [2.05, 4.69) is 79.6 Å². The maximum atomic E-state index is 17.3. The Morgan fingerprint density at radius 3 is 2.48 bits per heavy atom. The quantitative estimate of drug-likeness (QED) is 0.0678. The van der Waals surface area contributed by atoms with E-state index in [1.54, 1.807) is 0 Å². The second-order valence-electron chi connectivity index (χ2n) is 32.8. The smallest absolute Gasteiger partial charge is 0.163 e. The molecule has 3 heterocycles. The van der Waals surface area contributed by atoms with Crippen molar-refractivity contribution in [3.8, 4) is 11.8 Å². The van der Waals surface area contributed by atoms with Gasteiger partial charge in [0.05, 0.1) is 36.3 Å². The van der Waals surface area contributed by atoms with Gasteiger partial charge in [-0.05, 0) is 215 Å². The Kier molecular flexibility index (Phi) is 12.3. The van der Waals surface area contributed by atoms with Crippen molar-refractivity contribution in [1.29, 1.82) is 0 Å². The second kappa shape index (κ2) is 18.5. The van der Waals surface area contributed by atoms with Gasteiger partial charge in [-0.1, -0.05) is 112 Å². The zero-order chi connectivity index (χ0) is 57.9. The highest BCUT2D eigenvalue weighted by atomic mass is 16.6. The standard InChI is InChI=1S/C74H98N2O8/c1-45-23-33-83-72(36-45,63-62(84-63)66(4,81)64(2,43-77)28-20-46-22-32-76-57(75)34-46)56-35-50-18-19-53-59-58-49(37-65(56,3)74(50,59)82)17-16-48-13-6-5-12-47(48)14-11-15-55-69(31-30-67(41-69)24-7-8-25-67)42-70-29-21-52-54(79)40-73(55,70)71(58,60(52)61(53)80)39-51(38-70)68(44-78)26-9-10-27-68/h5-6,12-13,21-22,29,34,38,45,49-50,52,54-56,58,60,62-63,76-79,81-82H,7-10,14,16-20,23-28,30-33,35-37,39-44,75H2,1-4H3/t45-,49-,50+,52-,54-,55-,56-,58-,60-,62-,63-,64-,65+,66-,69-,70-,71+,72+,73+,74+/m0/s1. The number of nitrogens with one attached hydrogen (secondary N) is 1. The van der Waals surface area contributed by atoms with Crippen molar-refractivity contribution in [2.24, 2.45) is 96.4 Å². The van der Waals surface area contributed by atoms with Crippen LogP contribution in [0.25, 0.3) is 0 Å². The Hall–Kier alpha value is -3.53. The van der Waals surface area contributed by atoms with Crippen molar-refractivity contribution in [3.05, 3.63) is 93.9 Å². The number of nitrogens with two attached hydrogens (primary N) is 1. The molecule has 8 N–H and O–H groups in total. The van der Waals surface area contributed by atoms with E-state index in [4.69, 9.17) is 15.2 Å². The van der Waals surface area contributed by atoms with Crippen molar-refractivity contribution in [1.82, 2.24) is 5.32 Å². The number of fused-ring (bicyclic) bond motifs is 3. The van der Waals surface area contributed by atoms with Gasteiger partial charge < -0.3 is 46.1 Å². The molecule has 9 fully saturated rings. The third-order valence-electron chi connectivity index (χ3n) is 29.5. The highest BCUT2D eigenvalue weighted by molar-refractivity contribution is 6.01. The molecule has 4 spiro atoms. The summed E-state index contributed by atoms with van der Waals surface area (Å²) < 4.78 is 14.7. The van der Waals surface area contributed by atoms with E-state index in [-0.39, 0.29) is 65.3 Å². The Morgan fingerprint density at radius 1 is 0.929 bits per heavy atom. The fourth-order valence-electron chi connectivity index (χ4n) is 25.7. The van der Waals surface area contributed by atoms with E-state index < -0.39 is 68.1 Å². The number of epoxide rings is 1. The summed E-state index contributed by atoms with van der Waals surface area (Å²) in [7, 11) is 0. The third-order valence-corrected chi connectivity index (χ3v) is 29.5. The lowest BCUT2D eigenvalue weighted by atomic mass is 9.28. The first-order valence-corrected chi connectivity index (χ1v) is 34.1. The molecule has 13 aliphatic carbocycles. The summed E-state index contributed by atoms with van der Waals surface area (Å²) in [5.41, 5.74) is 6.03. The van der Waals surface area contributed by atoms with Crippen LogP contribution in [0.2, 0.25) is 0 Å². The van der Waals surface area contributed by atoms with Crippen LogP contribution in [-0.2, 0) is 27.1 Å². The number of rotatable bonds is 10. The van der Waals surface area contributed by atoms with Crippen LogP contribution in [0, 0.1) is 103 Å². The van der Waals surface area contributed by atoms with Crippen LogP contribution in [0.4, 0.5) is 0 Å². The van der Waals surface area contributed by atoms with Gasteiger partial charge in [-0.15, -0.1) is 0 Å². The summed E-state index contributed by atoms with van der Waals surface area (Å²) in [4.78, 5) is 17.3. The molecule has 17 rings (SSSR count). The molecule has 0 aromatic heterocycles. The second-order valence-corrected chi connectivity index (χ2v) is 32.8. The lowest BCUT2D eigenvalue weighted by Crippen LogP contribution is -2.75.